The number of carbonyl (C=O) groups excluding carboxylic acids is 1. The molecule has 0 unspecified atom stereocenters. The van der Waals surface area contributed by atoms with Gasteiger partial charge in [0.2, 0.25) is 5.95 Å². The minimum Gasteiger partial charge on any atom is -0.341 e. The lowest BCUT2D eigenvalue weighted by Gasteiger charge is -2.31. The van der Waals surface area contributed by atoms with E-state index in [0.717, 1.165) is 32.1 Å². The van der Waals surface area contributed by atoms with Crippen molar-refractivity contribution in [2.75, 3.05) is 33.7 Å². The summed E-state index contributed by atoms with van der Waals surface area (Å²) in [6, 6.07) is 1.21. The molecule has 6 heteroatoms. The normalized spacial score (nSPS) is 17.2. The van der Waals surface area contributed by atoms with Crippen LogP contribution in [0.25, 0.3) is 0 Å². The molecule has 1 aliphatic heterocycles. The van der Waals surface area contributed by atoms with Crippen molar-refractivity contribution < 1.29 is 13.6 Å². The van der Waals surface area contributed by atoms with Crippen LogP contribution in [0.4, 0.5) is 8.78 Å². The highest BCUT2D eigenvalue weighted by Gasteiger charge is 2.23. The Morgan fingerprint density at radius 1 is 1.45 bits per heavy atom. The number of halogens is 2. The minimum atomic E-state index is -1.23. The SMILES string of the molecule is CN1CCC(CN(C)C(=O)c2ccnc(F)c2F)CC1. The molecular weight excluding hydrogens is 264 g/mol. The number of hydrogen-bond acceptors (Lipinski definition) is 3. The average molecular weight is 283 g/mol. The van der Waals surface area contributed by atoms with Crippen molar-refractivity contribution in [3.05, 3.63) is 29.6 Å². The third-order valence-corrected chi connectivity index (χ3v) is 3.79. The van der Waals surface area contributed by atoms with Crippen LogP contribution in [-0.2, 0) is 0 Å². The van der Waals surface area contributed by atoms with E-state index in [4.69, 9.17) is 0 Å². The largest absolute Gasteiger partial charge is 0.341 e. The molecule has 0 saturated carbocycles. The zero-order chi connectivity index (χ0) is 14.7. The van der Waals surface area contributed by atoms with Crippen molar-refractivity contribution in [3.8, 4) is 0 Å². The van der Waals surface area contributed by atoms with Gasteiger partial charge in [0.1, 0.15) is 0 Å². The van der Waals surface area contributed by atoms with Crippen molar-refractivity contribution in [1.82, 2.24) is 14.8 Å². The van der Waals surface area contributed by atoms with Crippen LogP contribution in [0.2, 0.25) is 0 Å². The van der Waals surface area contributed by atoms with Gasteiger partial charge in [0.25, 0.3) is 5.91 Å². The van der Waals surface area contributed by atoms with Crippen LogP contribution in [0.15, 0.2) is 12.3 Å². The van der Waals surface area contributed by atoms with Crippen molar-refractivity contribution >= 4 is 5.91 Å². The molecule has 2 rings (SSSR count). The van der Waals surface area contributed by atoms with Gasteiger partial charge in [-0.2, -0.15) is 4.39 Å². The van der Waals surface area contributed by atoms with Gasteiger partial charge in [-0.05, 0) is 45.0 Å². The standard InChI is InChI=1S/C14H19F2N3O/c1-18-7-4-10(5-8-18)9-19(2)14(20)11-3-6-17-13(16)12(11)15/h3,6,10H,4-5,7-9H2,1-2H3. The first-order valence-electron chi connectivity index (χ1n) is 6.73. The van der Waals surface area contributed by atoms with Gasteiger partial charge in [0.05, 0.1) is 5.56 Å². The number of pyridine rings is 1. The Balaban J connectivity index is 2.00. The van der Waals surface area contributed by atoms with Gasteiger partial charge in [0, 0.05) is 19.8 Å². The fourth-order valence-corrected chi connectivity index (χ4v) is 2.50. The number of nitrogens with zero attached hydrogens (tertiary/aromatic N) is 3. The highest BCUT2D eigenvalue weighted by Crippen LogP contribution is 2.18. The highest BCUT2D eigenvalue weighted by molar-refractivity contribution is 5.94. The van der Waals surface area contributed by atoms with Crippen LogP contribution < -0.4 is 0 Å². The number of carbonyl (C=O) groups is 1. The maximum atomic E-state index is 13.6. The second-order valence-electron chi connectivity index (χ2n) is 5.40. The summed E-state index contributed by atoms with van der Waals surface area (Å²) in [6.45, 7) is 2.58. The molecule has 1 aromatic heterocycles. The summed E-state index contributed by atoms with van der Waals surface area (Å²) < 4.78 is 26.6. The van der Waals surface area contributed by atoms with E-state index in [1.54, 1.807) is 7.05 Å². The average Bonchev–Trinajstić information content (AvgIpc) is 2.43. The summed E-state index contributed by atoms with van der Waals surface area (Å²) in [5.74, 6) is -2.49. The number of aromatic nitrogens is 1. The zero-order valence-corrected chi connectivity index (χ0v) is 11.8. The quantitative estimate of drug-likeness (QED) is 0.793. The number of likely N-dealkylation sites (tertiary alicyclic amines) is 1. The maximum Gasteiger partial charge on any atom is 0.256 e. The monoisotopic (exact) mass is 283 g/mol. The van der Waals surface area contributed by atoms with E-state index in [-0.39, 0.29) is 5.56 Å². The zero-order valence-electron chi connectivity index (χ0n) is 11.8. The van der Waals surface area contributed by atoms with E-state index in [9.17, 15) is 13.6 Å². The molecule has 1 fully saturated rings. The molecule has 4 nitrogen and oxygen atoms in total. The van der Waals surface area contributed by atoms with E-state index in [1.165, 1.54) is 11.0 Å². The Hall–Kier alpha value is -1.56. The lowest BCUT2D eigenvalue weighted by Crippen LogP contribution is -2.38. The molecule has 20 heavy (non-hydrogen) atoms. The molecule has 0 bridgehead atoms. The lowest BCUT2D eigenvalue weighted by molar-refractivity contribution is 0.0741. The van der Waals surface area contributed by atoms with Crippen LogP contribution in [0, 0.1) is 17.7 Å². The van der Waals surface area contributed by atoms with E-state index < -0.39 is 17.7 Å². The second-order valence-corrected chi connectivity index (χ2v) is 5.40. The maximum absolute atomic E-state index is 13.6. The molecule has 0 aliphatic carbocycles. The first-order valence-corrected chi connectivity index (χ1v) is 6.73. The van der Waals surface area contributed by atoms with E-state index in [2.05, 4.69) is 16.9 Å². The fraction of sp³-hybridized carbons (Fsp3) is 0.571. The first-order chi connectivity index (χ1) is 9.49. The number of piperidine rings is 1. The van der Waals surface area contributed by atoms with Crippen LogP contribution >= 0.6 is 0 Å². The Morgan fingerprint density at radius 2 is 2.10 bits per heavy atom. The molecule has 0 spiro atoms. The highest BCUT2D eigenvalue weighted by atomic mass is 19.2. The fourth-order valence-electron chi connectivity index (χ4n) is 2.50. The lowest BCUT2D eigenvalue weighted by atomic mass is 9.96. The molecule has 0 atom stereocenters. The van der Waals surface area contributed by atoms with Gasteiger partial charge >= 0.3 is 0 Å². The van der Waals surface area contributed by atoms with Gasteiger partial charge in [-0.3, -0.25) is 4.79 Å². The molecule has 0 N–H and O–H groups in total. The van der Waals surface area contributed by atoms with Gasteiger partial charge in [-0.15, -0.1) is 0 Å². The molecule has 110 valence electrons. The van der Waals surface area contributed by atoms with Gasteiger partial charge in [-0.25, -0.2) is 9.37 Å². The van der Waals surface area contributed by atoms with E-state index in [1.807, 2.05) is 0 Å². The Morgan fingerprint density at radius 3 is 2.75 bits per heavy atom. The molecule has 0 radical (unpaired) electrons. The van der Waals surface area contributed by atoms with E-state index in [0.29, 0.717) is 12.5 Å². The van der Waals surface area contributed by atoms with Crippen LogP contribution in [0.1, 0.15) is 23.2 Å². The van der Waals surface area contributed by atoms with Crippen molar-refractivity contribution in [3.63, 3.8) is 0 Å². The Bertz CT molecular complexity index is 487. The predicted octanol–water partition coefficient (Wildman–Crippen LogP) is 1.77. The Labute approximate surface area is 117 Å². The van der Waals surface area contributed by atoms with Gasteiger partial charge in [0.15, 0.2) is 5.82 Å². The molecule has 2 heterocycles. The molecule has 0 aromatic carbocycles. The molecule has 1 aromatic rings. The smallest absolute Gasteiger partial charge is 0.256 e. The number of amides is 1. The summed E-state index contributed by atoms with van der Waals surface area (Å²) >= 11 is 0. The summed E-state index contributed by atoms with van der Waals surface area (Å²) in [5, 5.41) is 0. The summed E-state index contributed by atoms with van der Waals surface area (Å²) in [4.78, 5) is 19.0. The third kappa shape index (κ3) is 3.30. The first kappa shape index (κ1) is 14.8. The minimum absolute atomic E-state index is 0.257. The van der Waals surface area contributed by atoms with Gasteiger partial charge in [-0.1, -0.05) is 0 Å². The van der Waals surface area contributed by atoms with Crippen LogP contribution in [0.5, 0.6) is 0 Å². The van der Waals surface area contributed by atoms with Crippen molar-refractivity contribution in [2.45, 2.75) is 12.8 Å². The van der Waals surface area contributed by atoms with E-state index >= 15 is 0 Å². The predicted molar refractivity (Wildman–Crippen MR) is 71.3 cm³/mol. The number of hydrogen-bond donors (Lipinski definition) is 0. The van der Waals surface area contributed by atoms with Crippen molar-refractivity contribution in [1.29, 1.82) is 0 Å². The molecule has 1 amide bonds. The molecule has 1 saturated heterocycles. The van der Waals surface area contributed by atoms with Crippen LogP contribution in [0.3, 0.4) is 0 Å². The Kier molecular flexibility index (Phi) is 4.65. The van der Waals surface area contributed by atoms with Gasteiger partial charge < -0.3 is 9.80 Å². The van der Waals surface area contributed by atoms with Crippen LogP contribution in [-0.4, -0.2) is 54.4 Å². The van der Waals surface area contributed by atoms with Crippen molar-refractivity contribution in [2.24, 2.45) is 5.92 Å². The summed E-state index contributed by atoms with van der Waals surface area (Å²) in [6.07, 6.45) is 3.14. The topological polar surface area (TPSA) is 36.4 Å². The summed E-state index contributed by atoms with van der Waals surface area (Å²) in [7, 11) is 3.69. The summed E-state index contributed by atoms with van der Waals surface area (Å²) in [5.41, 5.74) is -0.257. The second kappa shape index (κ2) is 6.26. The number of rotatable bonds is 3. The molecular formula is C14H19F2N3O. The molecule has 1 aliphatic rings. The third-order valence-electron chi connectivity index (χ3n) is 3.79.